The van der Waals surface area contributed by atoms with Crippen LogP contribution in [0.25, 0.3) is 11.5 Å². The maximum Gasteiger partial charge on any atom is 0.396 e. The highest BCUT2D eigenvalue weighted by atomic mass is 19.4. The third-order valence-electron chi connectivity index (χ3n) is 5.48. The van der Waals surface area contributed by atoms with E-state index in [1.807, 2.05) is 0 Å². The van der Waals surface area contributed by atoms with Crippen LogP contribution in [0.2, 0.25) is 0 Å². The number of ether oxygens (including phenoxy) is 1. The van der Waals surface area contributed by atoms with Crippen LogP contribution in [0.3, 0.4) is 0 Å². The van der Waals surface area contributed by atoms with Crippen LogP contribution in [-0.4, -0.2) is 46.2 Å². The lowest BCUT2D eigenvalue weighted by molar-refractivity contribution is -0.128. The monoisotopic (exact) mass is 487 g/mol. The van der Waals surface area contributed by atoms with Gasteiger partial charge in [0.25, 0.3) is 5.89 Å². The van der Waals surface area contributed by atoms with Crippen molar-refractivity contribution in [2.24, 2.45) is 5.92 Å². The molecule has 0 spiro atoms. The summed E-state index contributed by atoms with van der Waals surface area (Å²) in [5, 5.41) is 10.6. The number of benzene rings is 1. The molecule has 0 aliphatic carbocycles. The minimum absolute atomic E-state index is 0.0656. The van der Waals surface area contributed by atoms with Gasteiger partial charge in [0.2, 0.25) is 5.89 Å². The van der Waals surface area contributed by atoms with Crippen molar-refractivity contribution in [2.75, 3.05) is 24.6 Å². The van der Waals surface area contributed by atoms with Crippen LogP contribution in [0.5, 0.6) is 5.75 Å². The lowest BCUT2D eigenvalue weighted by Gasteiger charge is -2.30. The highest BCUT2D eigenvalue weighted by Crippen LogP contribution is 2.30. The van der Waals surface area contributed by atoms with Gasteiger partial charge in [0.1, 0.15) is 29.4 Å². The Morgan fingerprint density at radius 1 is 1.12 bits per heavy atom. The molecule has 1 fully saturated rings. The Labute approximate surface area is 191 Å². The Kier molecular flexibility index (Phi) is 6.98. The zero-order valence-electron chi connectivity index (χ0n) is 18.2. The number of halogens is 5. The molecule has 0 N–H and O–H groups in total. The Bertz CT molecular complexity index is 1090. The van der Waals surface area contributed by atoms with E-state index in [4.69, 9.17) is 13.7 Å². The molecule has 13 heteroatoms. The van der Waals surface area contributed by atoms with Crippen molar-refractivity contribution in [3.63, 3.8) is 0 Å². The van der Waals surface area contributed by atoms with Crippen molar-refractivity contribution < 1.29 is 35.6 Å². The SMILES string of the molecule is Cc1nnc(-c2c(F)cc(OCCCC3CCN(c4nc(CC(F)(F)F)no4)CC3)cc2F)o1. The Balaban J connectivity index is 1.20. The van der Waals surface area contributed by atoms with Gasteiger partial charge in [-0.05, 0) is 31.6 Å². The quantitative estimate of drug-likeness (QED) is 0.328. The fourth-order valence-electron chi connectivity index (χ4n) is 3.83. The number of hydrogen-bond donors (Lipinski definition) is 0. The summed E-state index contributed by atoms with van der Waals surface area (Å²) in [5.41, 5.74) is -0.397. The van der Waals surface area contributed by atoms with Gasteiger partial charge in [0, 0.05) is 32.1 Å². The van der Waals surface area contributed by atoms with Gasteiger partial charge in [0.05, 0.1) is 6.61 Å². The topological polar surface area (TPSA) is 90.3 Å². The van der Waals surface area contributed by atoms with Crippen LogP contribution in [-0.2, 0) is 6.42 Å². The molecule has 1 aromatic carbocycles. The number of nitrogens with zero attached hydrogens (tertiary/aromatic N) is 5. The first kappa shape index (κ1) is 23.9. The van der Waals surface area contributed by atoms with Gasteiger partial charge in [-0.15, -0.1) is 10.2 Å². The summed E-state index contributed by atoms with van der Waals surface area (Å²) in [7, 11) is 0. The van der Waals surface area contributed by atoms with E-state index in [9.17, 15) is 22.0 Å². The van der Waals surface area contributed by atoms with E-state index < -0.39 is 29.8 Å². The molecule has 0 bridgehead atoms. The molecule has 3 heterocycles. The van der Waals surface area contributed by atoms with E-state index in [-0.39, 0.29) is 36.0 Å². The predicted octanol–water partition coefficient (Wildman–Crippen LogP) is 4.89. The maximum atomic E-state index is 14.3. The first-order valence-electron chi connectivity index (χ1n) is 10.7. The van der Waals surface area contributed by atoms with Crippen molar-refractivity contribution in [1.29, 1.82) is 0 Å². The number of rotatable bonds is 8. The van der Waals surface area contributed by atoms with Crippen LogP contribution in [0, 0.1) is 24.5 Å². The Morgan fingerprint density at radius 2 is 1.82 bits per heavy atom. The molecule has 1 aliphatic rings. The molecule has 0 saturated carbocycles. The number of aryl methyl sites for hydroxylation is 1. The van der Waals surface area contributed by atoms with Crippen molar-refractivity contribution in [2.45, 2.75) is 45.2 Å². The molecule has 1 aliphatic heterocycles. The summed E-state index contributed by atoms with van der Waals surface area (Å²) < 4.78 is 81.5. The predicted molar refractivity (Wildman–Crippen MR) is 108 cm³/mol. The molecular weight excluding hydrogens is 465 g/mol. The number of alkyl halides is 3. The van der Waals surface area contributed by atoms with Gasteiger partial charge < -0.3 is 18.6 Å². The highest BCUT2D eigenvalue weighted by molar-refractivity contribution is 5.56. The van der Waals surface area contributed by atoms with E-state index in [0.717, 1.165) is 31.4 Å². The van der Waals surface area contributed by atoms with Crippen LogP contribution in [0.15, 0.2) is 21.1 Å². The second-order valence-electron chi connectivity index (χ2n) is 8.09. The number of aromatic nitrogens is 4. The normalized spacial score (nSPS) is 15.2. The molecule has 3 aromatic rings. The maximum absolute atomic E-state index is 14.3. The van der Waals surface area contributed by atoms with Gasteiger partial charge in [0.15, 0.2) is 5.82 Å². The smallest absolute Gasteiger partial charge is 0.396 e. The van der Waals surface area contributed by atoms with Crippen molar-refractivity contribution in [3.8, 4) is 17.2 Å². The molecule has 2 aromatic heterocycles. The van der Waals surface area contributed by atoms with Gasteiger partial charge in [-0.2, -0.15) is 18.2 Å². The van der Waals surface area contributed by atoms with Crippen LogP contribution < -0.4 is 9.64 Å². The molecule has 4 rings (SSSR count). The molecule has 0 radical (unpaired) electrons. The third-order valence-corrected chi connectivity index (χ3v) is 5.48. The number of hydrogen-bond acceptors (Lipinski definition) is 8. The first-order valence-corrected chi connectivity index (χ1v) is 10.7. The summed E-state index contributed by atoms with van der Waals surface area (Å²) >= 11 is 0. The van der Waals surface area contributed by atoms with E-state index in [1.54, 1.807) is 4.90 Å². The van der Waals surface area contributed by atoms with Crippen LogP contribution >= 0.6 is 0 Å². The molecule has 0 amide bonds. The number of piperidine rings is 1. The number of anilines is 1. The zero-order valence-corrected chi connectivity index (χ0v) is 18.2. The van der Waals surface area contributed by atoms with Crippen molar-refractivity contribution in [1.82, 2.24) is 20.3 Å². The minimum atomic E-state index is -4.39. The highest BCUT2D eigenvalue weighted by Gasteiger charge is 2.31. The van der Waals surface area contributed by atoms with Gasteiger partial charge in [-0.25, -0.2) is 8.78 Å². The third kappa shape index (κ3) is 6.00. The Morgan fingerprint density at radius 3 is 2.44 bits per heavy atom. The lowest BCUT2D eigenvalue weighted by atomic mass is 9.92. The average molecular weight is 487 g/mol. The minimum Gasteiger partial charge on any atom is -0.493 e. The fraction of sp³-hybridized carbons (Fsp3) is 0.524. The molecule has 0 atom stereocenters. The van der Waals surface area contributed by atoms with E-state index in [0.29, 0.717) is 25.4 Å². The molecular formula is C21H22F5N5O3. The van der Waals surface area contributed by atoms with Crippen molar-refractivity contribution >= 4 is 6.01 Å². The van der Waals surface area contributed by atoms with E-state index in [2.05, 4.69) is 20.3 Å². The zero-order chi connectivity index (χ0) is 24.3. The summed E-state index contributed by atoms with van der Waals surface area (Å²) in [4.78, 5) is 5.60. The van der Waals surface area contributed by atoms with Crippen molar-refractivity contribution in [3.05, 3.63) is 35.5 Å². The van der Waals surface area contributed by atoms with Crippen LogP contribution in [0.4, 0.5) is 28.0 Å². The largest absolute Gasteiger partial charge is 0.493 e. The van der Waals surface area contributed by atoms with E-state index >= 15 is 0 Å². The second-order valence-corrected chi connectivity index (χ2v) is 8.09. The van der Waals surface area contributed by atoms with Crippen LogP contribution in [0.1, 0.15) is 37.4 Å². The molecule has 0 unspecified atom stereocenters. The second kappa shape index (κ2) is 9.94. The molecule has 8 nitrogen and oxygen atoms in total. The van der Waals surface area contributed by atoms with E-state index in [1.165, 1.54) is 6.92 Å². The standard InChI is InChI=1S/C21H22F5N5O3/c1-12-28-29-19(33-12)18-15(22)9-14(10-16(18)23)32-8-2-3-13-4-6-31(7-5-13)20-27-17(30-34-20)11-21(24,25)26/h9-10,13H,2-8,11H2,1H3. The summed E-state index contributed by atoms with van der Waals surface area (Å²) in [5.74, 6) is -1.68. The summed E-state index contributed by atoms with van der Waals surface area (Å²) in [6, 6.07) is 2.26. The fourth-order valence-corrected chi connectivity index (χ4v) is 3.83. The van der Waals surface area contributed by atoms with Gasteiger partial charge in [-0.3, -0.25) is 0 Å². The lowest BCUT2D eigenvalue weighted by Crippen LogP contribution is -2.34. The Hall–Kier alpha value is -3.25. The molecule has 34 heavy (non-hydrogen) atoms. The summed E-state index contributed by atoms with van der Waals surface area (Å²) in [6.07, 6.45) is -2.49. The van der Waals surface area contributed by atoms with Gasteiger partial charge >= 0.3 is 12.2 Å². The first-order chi connectivity index (χ1) is 16.2. The van der Waals surface area contributed by atoms with Gasteiger partial charge in [-0.1, -0.05) is 5.16 Å². The molecule has 184 valence electrons. The average Bonchev–Trinajstić information content (AvgIpc) is 3.39. The molecule has 1 saturated heterocycles. The summed E-state index contributed by atoms with van der Waals surface area (Å²) in [6.45, 7) is 2.98.